The van der Waals surface area contributed by atoms with E-state index >= 15 is 0 Å². The first-order chi connectivity index (χ1) is 9.13. The number of hydrogen-bond acceptors (Lipinski definition) is 1. The summed E-state index contributed by atoms with van der Waals surface area (Å²) in [5.41, 5.74) is 3.15. The number of nitrogens with one attached hydrogen (secondary N) is 1. The van der Waals surface area contributed by atoms with Crippen LogP contribution in [0.1, 0.15) is 23.6 Å². The van der Waals surface area contributed by atoms with Crippen LogP contribution < -0.4 is 5.32 Å². The average molecular weight is 385 g/mol. The Hall–Kier alpha value is -0.870. The first-order valence-electron chi connectivity index (χ1n) is 6.13. The average Bonchev–Trinajstić information content (AvgIpc) is 2.76. The molecule has 0 spiro atoms. The molecule has 2 aromatic carbocycles. The molecule has 1 unspecified atom stereocenters. The quantitative estimate of drug-likeness (QED) is 0.725. The maximum absolute atomic E-state index is 13.8. The summed E-state index contributed by atoms with van der Waals surface area (Å²) in [5, 5.41) is 3.31. The van der Waals surface area contributed by atoms with Gasteiger partial charge in [-0.05, 0) is 54.3 Å². The molecule has 0 saturated heterocycles. The molecule has 0 bridgehead atoms. The van der Waals surface area contributed by atoms with E-state index in [0.717, 1.165) is 21.8 Å². The number of aryl methyl sites for hydroxylation is 1. The molecule has 0 radical (unpaired) electrons. The summed E-state index contributed by atoms with van der Waals surface area (Å²) in [6.45, 7) is 0. The van der Waals surface area contributed by atoms with Crippen molar-refractivity contribution in [3.63, 3.8) is 0 Å². The van der Waals surface area contributed by atoms with Crippen molar-refractivity contribution in [3.8, 4) is 0 Å². The Labute approximate surface area is 128 Å². The van der Waals surface area contributed by atoms with Crippen LogP contribution in [0.4, 0.5) is 10.1 Å². The van der Waals surface area contributed by atoms with E-state index in [-0.39, 0.29) is 11.9 Å². The Kier molecular flexibility index (Phi) is 3.63. The first-order valence-corrected chi connectivity index (χ1v) is 7.72. The van der Waals surface area contributed by atoms with Gasteiger partial charge in [0.15, 0.2) is 0 Å². The fourth-order valence-corrected chi connectivity index (χ4v) is 3.30. The third kappa shape index (κ3) is 2.70. The molecule has 98 valence electrons. The highest BCUT2D eigenvalue weighted by Gasteiger charge is 2.23. The Morgan fingerprint density at radius 2 is 1.79 bits per heavy atom. The zero-order valence-corrected chi connectivity index (χ0v) is 13.3. The molecule has 0 heterocycles. The number of benzene rings is 2. The number of fused-ring (bicyclic) bond motifs is 1. The van der Waals surface area contributed by atoms with Crippen molar-refractivity contribution in [1.82, 2.24) is 0 Å². The summed E-state index contributed by atoms with van der Waals surface area (Å²) in [4.78, 5) is 0. The minimum atomic E-state index is -0.214. The van der Waals surface area contributed by atoms with Crippen LogP contribution in [0.25, 0.3) is 0 Å². The van der Waals surface area contributed by atoms with Crippen molar-refractivity contribution in [2.24, 2.45) is 0 Å². The normalized spacial score (nSPS) is 17.3. The second-order valence-corrected chi connectivity index (χ2v) is 6.53. The van der Waals surface area contributed by atoms with E-state index in [1.54, 1.807) is 12.1 Å². The minimum Gasteiger partial charge on any atom is -0.376 e. The van der Waals surface area contributed by atoms with E-state index in [2.05, 4.69) is 49.3 Å². The number of rotatable bonds is 2. The number of halogens is 3. The van der Waals surface area contributed by atoms with Crippen molar-refractivity contribution in [1.29, 1.82) is 0 Å². The van der Waals surface area contributed by atoms with Crippen LogP contribution in [0, 0.1) is 5.82 Å². The molecule has 0 aromatic heterocycles. The van der Waals surface area contributed by atoms with Gasteiger partial charge in [0.05, 0.1) is 11.7 Å². The van der Waals surface area contributed by atoms with Crippen LogP contribution in [-0.4, -0.2) is 0 Å². The molecule has 19 heavy (non-hydrogen) atoms. The van der Waals surface area contributed by atoms with Crippen LogP contribution in [0.2, 0.25) is 0 Å². The lowest BCUT2D eigenvalue weighted by Crippen LogP contribution is -2.08. The van der Waals surface area contributed by atoms with Crippen molar-refractivity contribution >= 4 is 37.5 Å². The molecule has 0 saturated carbocycles. The summed E-state index contributed by atoms with van der Waals surface area (Å²) >= 11 is 6.86. The molecule has 4 heteroatoms. The maximum Gasteiger partial charge on any atom is 0.146 e. The van der Waals surface area contributed by atoms with Gasteiger partial charge in [-0.15, -0.1) is 0 Å². The standard InChI is InChI=1S/C15H12Br2FN/c16-10-2-4-12-9(7-10)1-6-14(12)19-15-8-11(17)3-5-13(15)18/h2-5,7-8,14,19H,1,6H2. The van der Waals surface area contributed by atoms with Crippen molar-refractivity contribution < 1.29 is 4.39 Å². The monoisotopic (exact) mass is 383 g/mol. The van der Waals surface area contributed by atoms with E-state index in [1.165, 1.54) is 17.2 Å². The van der Waals surface area contributed by atoms with E-state index in [9.17, 15) is 4.39 Å². The van der Waals surface area contributed by atoms with Gasteiger partial charge in [0.25, 0.3) is 0 Å². The molecule has 0 amide bonds. The summed E-state index contributed by atoms with van der Waals surface area (Å²) in [6.07, 6.45) is 2.03. The third-order valence-corrected chi connectivity index (χ3v) is 4.43. The molecule has 3 rings (SSSR count). The fraction of sp³-hybridized carbons (Fsp3) is 0.200. The third-order valence-electron chi connectivity index (χ3n) is 3.44. The molecule has 1 N–H and O–H groups in total. The van der Waals surface area contributed by atoms with Crippen molar-refractivity contribution in [2.75, 3.05) is 5.32 Å². The topological polar surface area (TPSA) is 12.0 Å². The second-order valence-electron chi connectivity index (χ2n) is 4.70. The first kappa shape index (κ1) is 13.1. The lowest BCUT2D eigenvalue weighted by Gasteiger charge is -2.16. The van der Waals surface area contributed by atoms with Gasteiger partial charge in [-0.1, -0.05) is 37.9 Å². The molecular weight excluding hydrogens is 373 g/mol. The van der Waals surface area contributed by atoms with Crippen molar-refractivity contribution in [2.45, 2.75) is 18.9 Å². The molecule has 1 nitrogen and oxygen atoms in total. The highest BCUT2D eigenvalue weighted by atomic mass is 79.9. The van der Waals surface area contributed by atoms with E-state index in [1.807, 2.05) is 6.07 Å². The van der Waals surface area contributed by atoms with Gasteiger partial charge in [-0.3, -0.25) is 0 Å². The van der Waals surface area contributed by atoms with Crippen LogP contribution in [0.15, 0.2) is 45.3 Å². The number of hydrogen-bond donors (Lipinski definition) is 1. The van der Waals surface area contributed by atoms with Gasteiger partial charge >= 0.3 is 0 Å². The van der Waals surface area contributed by atoms with Crippen molar-refractivity contribution in [3.05, 3.63) is 62.3 Å². The van der Waals surface area contributed by atoms with Crippen LogP contribution in [-0.2, 0) is 6.42 Å². The molecule has 1 atom stereocenters. The zero-order chi connectivity index (χ0) is 13.4. The van der Waals surface area contributed by atoms with E-state index in [4.69, 9.17) is 0 Å². The molecular formula is C15H12Br2FN. The van der Waals surface area contributed by atoms with Crippen LogP contribution in [0.5, 0.6) is 0 Å². The molecule has 1 aliphatic carbocycles. The molecule has 0 aliphatic heterocycles. The second kappa shape index (κ2) is 5.25. The molecule has 0 fully saturated rings. The maximum atomic E-state index is 13.8. The predicted molar refractivity (Wildman–Crippen MR) is 82.9 cm³/mol. The predicted octanol–water partition coefficient (Wildman–Crippen LogP) is 5.45. The fourth-order valence-electron chi connectivity index (χ4n) is 2.53. The Bertz CT molecular complexity index is 628. The summed E-state index contributed by atoms with van der Waals surface area (Å²) in [7, 11) is 0. The Morgan fingerprint density at radius 1 is 1.05 bits per heavy atom. The molecule has 1 aliphatic rings. The van der Waals surface area contributed by atoms with Gasteiger partial charge in [0.1, 0.15) is 5.82 Å². The lowest BCUT2D eigenvalue weighted by atomic mass is 10.1. The number of anilines is 1. The Morgan fingerprint density at radius 3 is 2.63 bits per heavy atom. The minimum absolute atomic E-state index is 0.187. The summed E-state index contributed by atoms with van der Waals surface area (Å²) < 4.78 is 15.8. The smallest absolute Gasteiger partial charge is 0.146 e. The van der Waals surface area contributed by atoms with Gasteiger partial charge in [0, 0.05) is 8.95 Å². The summed E-state index contributed by atoms with van der Waals surface area (Å²) in [6, 6.07) is 11.5. The van der Waals surface area contributed by atoms with Gasteiger partial charge in [-0.25, -0.2) is 4.39 Å². The van der Waals surface area contributed by atoms with E-state index < -0.39 is 0 Å². The highest BCUT2D eigenvalue weighted by Crippen LogP contribution is 2.36. The molecule has 2 aromatic rings. The van der Waals surface area contributed by atoms with Crippen LogP contribution in [0.3, 0.4) is 0 Å². The van der Waals surface area contributed by atoms with Gasteiger partial charge < -0.3 is 5.32 Å². The largest absolute Gasteiger partial charge is 0.376 e. The van der Waals surface area contributed by atoms with Gasteiger partial charge in [0.2, 0.25) is 0 Å². The lowest BCUT2D eigenvalue weighted by molar-refractivity contribution is 0.624. The Balaban J connectivity index is 1.88. The van der Waals surface area contributed by atoms with Crippen LogP contribution >= 0.6 is 31.9 Å². The van der Waals surface area contributed by atoms with Gasteiger partial charge in [-0.2, -0.15) is 0 Å². The van der Waals surface area contributed by atoms with E-state index in [0.29, 0.717) is 5.69 Å². The SMILES string of the molecule is Fc1ccc(Br)cc1NC1CCc2cc(Br)ccc21. The highest BCUT2D eigenvalue weighted by molar-refractivity contribution is 9.10. The summed E-state index contributed by atoms with van der Waals surface area (Å²) in [5.74, 6) is -0.214. The zero-order valence-electron chi connectivity index (χ0n) is 10.1.